The van der Waals surface area contributed by atoms with E-state index in [9.17, 15) is 8.42 Å². The zero-order valence-corrected chi connectivity index (χ0v) is 8.44. The molecule has 0 aromatic heterocycles. The molecule has 0 N–H and O–H groups in total. The summed E-state index contributed by atoms with van der Waals surface area (Å²) in [5.41, 5.74) is 0. The Balaban J connectivity index is 2.34. The van der Waals surface area contributed by atoms with Crippen LogP contribution in [0.15, 0.2) is 0 Å². The highest BCUT2D eigenvalue weighted by Crippen LogP contribution is 2.38. The number of halogens is 1. The second-order valence-electron chi connectivity index (χ2n) is 3.77. The summed E-state index contributed by atoms with van der Waals surface area (Å²) in [5.74, 6) is 0. The van der Waals surface area contributed by atoms with Crippen molar-refractivity contribution >= 4 is 21.4 Å². The van der Waals surface area contributed by atoms with Crippen molar-refractivity contribution in [3.63, 3.8) is 0 Å². The normalized spacial score (nSPS) is 45.6. The zero-order chi connectivity index (χ0) is 8.77. The number of sulfone groups is 1. The van der Waals surface area contributed by atoms with Gasteiger partial charge in [-0.1, -0.05) is 6.42 Å². The fourth-order valence-corrected chi connectivity index (χ4v) is 5.53. The van der Waals surface area contributed by atoms with E-state index in [1.165, 1.54) is 0 Å². The first-order chi connectivity index (χ1) is 5.62. The Kier molecular flexibility index (Phi) is 2.11. The molecule has 0 aromatic rings. The fourth-order valence-electron chi connectivity index (χ4n) is 2.35. The molecule has 0 spiro atoms. The Hall–Kier alpha value is 0.240. The SMILES string of the molecule is O=S1(=O)[C@H]2CCC[C@@H]1[C@@H](Cl)CC2. The van der Waals surface area contributed by atoms with Crippen LogP contribution in [-0.4, -0.2) is 24.3 Å². The molecule has 0 aliphatic carbocycles. The minimum Gasteiger partial charge on any atom is -0.228 e. The van der Waals surface area contributed by atoms with Crippen LogP contribution < -0.4 is 0 Å². The van der Waals surface area contributed by atoms with Gasteiger partial charge in [-0.3, -0.25) is 0 Å². The van der Waals surface area contributed by atoms with Crippen LogP contribution in [0, 0.1) is 0 Å². The predicted octanol–water partition coefficient (Wildman–Crippen LogP) is 1.72. The van der Waals surface area contributed by atoms with Crippen LogP contribution in [0.5, 0.6) is 0 Å². The summed E-state index contributed by atoms with van der Waals surface area (Å²) < 4.78 is 23.4. The van der Waals surface area contributed by atoms with E-state index in [4.69, 9.17) is 11.6 Å². The monoisotopic (exact) mass is 208 g/mol. The molecule has 0 amide bonds. The second kappa shape index (κ2) is 2.88. The van der Waals surface area contributed by atoms with Crippen LogP contribution in [0.2, 0.25) is 0 Å². The summed E-state index contributed by atoms with van der Waals surface area (Å²) in [6, 6.07) is 0. The average molecular weight is 209 g/mol. The Morgan fingerprint density at radius 2 is 1.83 bits per heavy atom. The van der Waals surface area contributed by atoms with Gasteiger partial charge in [-0.05, 0) is 25.7 Å². The number of alkyl halides is 1. The van der Waals surface area contributed by atoms with Crippen molar-refractivity contribution in [3.8, 4) is 0 Å². The molecule has 2 aliphatic rings. The summed E-state index contributed by atoms with van der Waals surface area (Å²) in [6.45, 7) is 0. The van der Waals surface area contributed by atoms with Gasteiger partial charge in [0, 0.05) is 0 Å². The number of rotatable bonds is 0. The first-order valence-electron chi connectivity index (χ1n) is 4.49. The quantitative estimate of drug-likeness (QED) is 0.569. The van der Waals surface area contributed by atoms with E-state index in [2.05, 4.69) is 0 Å². The van der Waals surface area contributed by atoms with Crippen molar-refractivity contribution in [1.29, 1.82) is 0 Å². The number of hydrogen-bond acceptors (Lipinski definition) is 2. The van der Waals surface area contributed by atoms with Crippen molar-refractivity contribution < 1.29 is 8.42 Å². The van der Waals surface area contributed by atoms with Gasteiger partial charge in [-0.15, -0.1) is 11.6 Å². The highest BCUT2D eigenvalue weighted by Gasteiger charge is 2.44. The van der Waals surface area contributed by atoms with E-state index in [0.29, 0.717) is 0 Å². The van der Waals surface area contributed by atoms with Crippen molar-refractivity contribution in [1.82, 2.24) is 0 Å². The first kappa shape index (κ1) is 8.82. The minimum atomic E-state index is -2.85. The van der Waals surface area contributed by atoms with E-state index >= 15 is 0 Å². The molecular weight excluding hydrogens is 196 g/mol. The Labute approximate surface area is 78.2 Å². The summed E-state index contributed by atoms with van der Waals surface area (Å²) >= 11 is 5.99. The van der Waals surface area contributed by atoms with Gasteiger partial charge in [0.2, 0.25) is 0 Å². The Morgan fingerprint density at radius 3 is 2.50 bits per heavy atom. The van der Waals surface area contributed by atoms with Gasteiger partial charge < -0.3 is 0 Å². The molecule has 2 heterocycles. The van der Waals surface area contributed by atoms with Gasteiger partial charge in [0.1, 0.15) is 0 Å². The third-order valence-electron chi connectivity index (χ3n) is 3.07. The lowest BCUT2D eigenvalue weighted by Gasteiger charge is -2.37. The van der Waals surface area contributed by atoms with Crippen LogP contribution >= 0.6 is 11.6 Å². The van der Waals surface area contributed by atoms with Crippen LogP contribution in [0.25, 0.3) is 0 Å². The number of fused-ring (bicyclic) bond motifs is 2. The lowest BCUT2D eigenvalue weighted by molar-refractivity contribution is 0.436. The smallest absolute Gasteiger partial charge is 0.157 e. The van der Waals surface area contributed by atoms with Crippen LogP contribution in [0.3, 0.4) is 0 Å². The van der Waals surface area contributed by atoms with E-state index < -0.39 is 9.84 Å². The summed E-state index contributed by atoms with van der Waals surface area (Å²) in [4.78, 5) is 0. The van der Waals surface area contributed by atoms with Crippen molar-refractivity contribution in [2.75, 3.05) is 0 Å². The van der Waals surface area contributed by atoms with E-state index in [-0.39, 0.29) is 15.9 Å². The highest BCUT2D eigenvalue weighted by atomic mass is 35.5. The average Bonchev–Trinajstić information content (AvgIpc) is 1.95. The van der Waals surface area contributed by atoms with Crippen LogP contribution in [0.4, 0.5) is 0 Å². The van der Waals surface area contributed by atoms with Crippen molar-refractivity contribution in [2.24, 2.45) is 0 Å². The molecule has 2 fully saturated rings. The molecule has 2 saturated heterocycles. The molecule has 12 heavy (non-hydrogen) atoms. The molecule has 70 valence electrons. The molecule has 4 heteroatoms. The molecular formula is C8H13ClO2S. The lowest BCUT2D eigenvalue weighted by Crippen LogP contribution is -2.46. The van der Waals surface area contributed by atoms with Gasteiger partial charge >= 0.3 is 0 Å². The van der Waals surface area contributed by atoms with E-state index in [0.717, 1.165) is 32.1 Å². The molecule has 2 bridgehead atoms. The molecule has 0 radical (unpaired) electrons. The first-order valence-corrected chi connectivity index (χ1v) is 6.54. The fraction of sp³-hybridized carbons (Fsp3) is 1.00. The Morgan fingerprint density at radius 1 is 1.08 bits per heavy atom. The van der Waals surface area contributed by atoms with Gasteiger partial charge in [-0.25, -0.2) is 8.42 Å². The minimum absolute atomic E-state index is 0.0637. The second-order valence-corrected chi connectivity index (χ2v) is 6.78. The Bertz CT molecular complexity index is 273. The topological polar surface area (TPSA) is 34.1 Å². The van der Waals surface area contributed by atoms with E-state index in [1.54, 1.807) is 0 Å². The molecule has 0 saturated carbocycles. The summed E-state index contributed by atoms with van der Waals surface area (Å²) in [6.07, 6.45) is 4.36. The van der Waals surface area contributed by atoms with Crippen LogP contribution in [0.1, 0.15) is 32.1 Å². The van der Waals surface area contributed by atoms with Crippen molar-refractivity contribution in [2.45, 2.75) is 48.0 Å². The molecule has 2 aliphatic heterocycles. The molecule has 3 atom stereocenters. The lowest BCUT2D eigenvalue weighted by atomic mass is 9.98. The number of hydrogen-bond donors (Lipinski definition) is 0. The summed E-state index contributed by atoms with van der Waals surface area (Å²) in [7, 11) is -2.85. The standard InChI is InChI=1S/C8H13ClO2S/c9-7-5-4-6-2-1-3-8(7)12(6,10)11/h6-8H,1-5H2/t6-,7-,8+/m0/s1. The van der Waals surface area contributed by atoms with Crippen LogP contribution in [-0.2, 0) is 9.84 Å². The molecule has 2 rings (SSSR count). The molecule has 2 nitrogen and oxygen atoms in total. The van der Waals surface area contributed by atoms with Gasteiger partial charge in [0.15, 0.2) is 9.84 Å². The van der Waals surface area contributed by atoms with Gasteiger partial charge in [0.25, 0.3) is 0 Å². The van der Waals surface area contributed by atoms with Gasteiger partial charge in [-0.2, -0.15) is 0 Å². The van der Waals surface area contributed by atoms with Gasteiger partial charge in [0.05, 0.1) is 15.9 Å². The zero-order valence-electron chi connectivity index (χ0n) is 6.87. The highest BCUT2D eigenvalue weighted by molar-refractivity contribution is 7.92. The maximum Gasteiger partial charge on any atom is 0.157 e. The third-order valence-corrected chi connectivity index (χ3v) is 6.55. The predicted molar refractivity (Wildman–Crippen MR) is 49.2 cm³/mol. The van der Waals surface area contributed by atoms with Crippen molar-refractivity contribution in [3.05, 3.63) is 0 Å². The third kappa shape index (κ3) is 1.18. The molecule has 0 aromatic carbocycles. The largest absolute Gasteiger partial charge is 0.228 e. The molecule has 0 unspecified atom stereocenters. The maximum absolute atomic E-state index is 11.7. The summed E-state index contributed by atoms with van der Waals surface area (Å²) in [5, 5.41) is -0.413. The van der Waals surface area contributed by atoms with E-state index in [1.807, 2.05) is 0 Å². The maximum atomic E-state index is 11.7.